The van der Waals surface area contributed by atoms with Gasteiger partial charge in [0.15, 0.2) is 0 Å². The van der Waals surface area contributed by atoms with E-state index in [0.717, 1.165) is 24.9 Å². The van der Waals surface area contributed by atoms with Gasteiger partial charge in [-0.2, -0.15) is 0 Å². The fourth-order valence-electron chi connectivity index (χ4n) is 3.42. The zero-order valence-electron chi connectivity index (χ0n) is 16.8. The lowest BCUT2D eigenvalue weighted by atomic mass is 10.1. The van der Waals surface area contributed by atoms with Gasteiger partial charge in [-0.3, -0.25) is 4.79 Å². The van der Waals surface area contributed by atoms with Gasteiger partial charge in [-0.25, -0.2) is 14.8 Å². The maximum Gasteiger partial charge on any atom is 0.315 e. The number of carbonyl (C=O) groups excluding carboxylic acids is 2. The average molecular weight is 396 g/mol. The number of anilines is 1. The predicted molar refractivity (Wildman–Crippen MR) is 111 cm³/mol. The van der Waals surface area contributed by atoms with Crippen LogP contribution in [0, 0.1) is 0 Å². The number of hydrogen-bond acceptors (Lipinski definition) is 5. The number of piperidine rings is 1. The monoisotopic (exact) mass is 396 g/mol. The first-order valence-corrected chi connectivity index (χ1v) is 10.0. The second-order valence-electron chi connectivity index (χ2n) is 7.05. The van der Waals surface area contributed by atoms with Gasteiger partial charge in [-0.05, 0) is 31.4 Å². The summed E-state index contributed by atoms with van der Waals surface area (Å²) < 4.78 is 0. The van der Waals surface area contributed by atoms with Gasteiger partial charge in [0.1, 0.15) is 0 Å². The number of aromatic nitrogens is 2. The summed E-state index contributed by atoms with van der Waals surface area (Å²) in [5.41, 5.74) is 1.07. The van der Waals surface area contributed by atoms with E-state index in [1.54, 1.807) is 23.4 Å². The summed E-state index contributed by atoms with van der Waals surface area (Å²) in [6, 6.07) is 11.3. The quantitative estimate of drug-likeness (QED) is 0.745. The molecule has 1 fully saturated rings. The largest absolute Gasteiger partial charge is 0.339 e. The maximum atomic E-state index is 12.5. The highest BCUT2D eigenvalue weighted by Crippen LogP contribution is 2.15. The first-order chi connectivity index (χ1) is 14.2. The van der Waals surface area contributed by atoms with Gasteiger partial charge in [-0.1, -0.05) is 30.3 Å². The van der Waals surface area contributed by atoms with Crippen LogP contribution >= 0.6 is 0 Å². The van der Waals surface area contributed by atoms with Crippen molar-refractivity contribution in [1.82, 2.24) is 25.5 Å². The highest BCUT2D eigenvalue weighted by Gasteiger charge is 2.23. The van der Waals surface area contributed by atoms with Gasteiger partial charge >= 0.3 is 6.03 Å². The minimum atomic E-state index is -0.324. The lowest BCUT2D eigenvalue weighted by Gasteiger charge is -2.33. The van der Waals surface area contributed by atoms with Crippen molar-refractivity contribution in [3.8, 4) is 0 Å². The highest BCUT2D eigenvalue weighted by atomic mass is 16.2. The molecule has 29 heavy (non-hydrogen) atoms. The summed E-state index contributed by atoms with van der Waals surface area (Å²) in [5.74, 6) is 0.573. The van der Waals surface area contributed by atoms with Crippen molar-refractivity contribution >= 4 is 17.9 Å². The molecular formula is C21H28N6O2. The first-order valence-electron chi connectivity index (χ1n) is 10.0. The highest BCUT2D eigenvalue weighted by molar-refractivity contribution is 5.84. The minimum Gasteiger partial charge on any atom is -0.339 e. The molecule has 154 valence electrons. The minimum absolute atomic E-state index is 0.00532. The number of likely N-dealkylation sites (N-methyl/N-ethyl adjacent to an activating group) is 1. The second kappa shape index (κ2) is 10.4. The third kappa shape index (κ3) is 6.17. The smallest absolute Gasteiger partial charge is 0.315 e. The SMILES string of the molecule is CCN(Cc1ccccc1)C(=O)CNC(=O)NC1CCCN(c2ncccn2)C1. The van der Waals surface area contributed by atoms with E-state index in [0.29, 0.717) is 25.6 Å². The molecule has 1 saturated heterocycles. The molecule has 2 N–H and O–H groups in total. The van der Waals surface area contributed by atoms with Crippen LogP contribution in [0.1, 0.15) is 25.3 Å². The second-order valence-corrected chi connectivity index (χ2v) is 7.05. The molecule has 0 radical (unpaired) electrons. The number of carbonyl (C=O) groups is 2. The zero-order chi connectivity index (χ0) is 20.5. The molecule has 2 heterocycles. The molecule has 1 aromatic carbocycles. The molecule has 1 aliphatic rings. The van der Waals surface area contributed by atoms with E-state index < -0.39 is 0 Å². The maximum absolute atomic E-state index is 12.5. The van der Waals surface area contributed by atoms with E-state index in [-0.39, 0.29) is 24.5 Å². The number of rotatable bonds is 7. The van der Waals surface area contributed by atoms with Crippen LogP contribution in [0.15, 0.2) is 48.8 Å². The summed E-state index contributed by atoms with van der Waals surface area (Å²) >= 11 is 0. The van der Waals surface area contributed by atoms with Crippen molar-refractivity contribution in [3.63, 3.8) is 0 Å². The summed E-state index contributed by atoms with van der Waals surface area (Å²) in [5, 5.41) is 5.66. The van der Waals surface area contributed by atoms with Gasteiger partial charge in [0, 0.05) is 44.6 Å². The molecule has 8 nitrogen and oxygen atoms in total. The van der Waals surface area contributed by atoms with Crippen molar-refractivity contribution < 1.29 is 9.59 Å². The Morgan fingerprint density at radius 3 is 2.66 bits per heavy atom. The Bertz CT molecular complexity index is 786. The predicted octanol–water partition coefficient (Wildman–Crippen LogP) is 1.79. The van der Waals surface area contributed by atoms with Crippen LogP contribution in [0.25, 0.3) is 0 Å². The number of hydrogen-bond donors (Lipinski definition) is 2. The van der Waals surface area contributed by atoms with Gasteiger partial charge in [-0.15, -0.1) is 0 Å². The van der Waals surface area contributed by atoms with Crippen molar-refractivity contribution in [3.05, 3.63) is 54.4 Å². The van der Waals surface area contributed by atoms with Gasteiger partial charge < -0.3 is 20.4 Å². The van der Waals surface area contributed by atoms with Crippen LogP contribution in [-0.2, 0) is 11.3 Å². The summed E-state index contributed by atoms with van der Waals surface area (Å²) in [7, 11) is 0. The van der Waals surface area contributed by atoms with Crippen molar-refractivity contribution in [1.29, 1.82) is 0 Å². The third-order valence-corrected chi connectivity index (χ3v) is 4.94. The van der Waals surface area contributed by atoms with Crippen LogP contribution in [0.4, 0.5) is 10.7 Å². The van der Waals surface area contributed by atoms with Crippen LogP contribution < -0.4 is 15.5 Å². The molecule has 1 atom stereocenters. The van der Waals surface area contributed by atoms with Crippen molar-refractivity contribution in [2.24, 2.45) is 0 Å². The van der Waals surface area contributed by atoms with E-state index >= 15 is 0 Å². The molecule has 1 unspecified atom stereocenters. The Hall–Kier alpha value is -3.16. The van der Waals surface area contributed by atoms with Crippen LogP contribution in [0.3, 0.4) is 0 Å². The molecule has 2 aromatic rings. The van der Waals surface area contributed by atoms with Crippen LogP contribution in [0.5, 0.6) is 0 Å². The topological polar surface area (TPSA) is 90.5 Å². The fraction of sp³-hybridized carbons (Fsp3) is 0.429. The number of nitrogens with one attached hydrogen (secondary N) is 2. The Balaban J connectivity index is 1.44. The lowest BCUT2D eigenvalue weighted by molar-refractivity contribution is -0.130. The van der Waals surface area contributed by atoms with E-state index in [1.165, 1.54) is 0 Å². The summed E-state index contributed by atoms with van der Waals surface area (Å²) in [4.78, 5) is 37.1. The number of urea groups is 1. The number of benzene rings is 1. The van der Waals surface area contributed by atoms with Gasteiger partial charge in [0.05, 0.1) is 6.54 Å². The van der Waals surface area contributed by atoms with Crippen molar-refractivity contribution in [2.75, 3.05) is 31.1 Å². The molecule has 0 aliphatic carbocycles. The van der Waals surface area contributed by atoms with Crippen LogP contribution in [-0.4, -0.2) is 59.0 Å². The number of nitrogens with zero attached hydrogens (tertiary/aromatic N) is 4. The lowest BCUT2D eigenvalue weighted by Crippen LogP contribution is -2.52. The van der Waals surface area contributed by atoms with Gasteiger partial charge in [0.25, 0.3) is 0 Å². The van der Waals surface area contributed by atoms with E-state index in [2.05, 4.69) is 25.5 Å². The van der Waals surface area contributed by atoms with E-state index in [9.17, 15) is 9.59 Å². The molecule has 3 amide bonds. The molecule has 0 bridgehead atoms. The average Bonchev–Trinajstić information content (AvgIpc) is 2.77. The van der Waals surface area contributed by atoms with Crippen LogP contribution in [0.2, 0.25) is 0 Å². The molecule has 1 aliphatic heterocycles. The Morgan fingerprint density at radius 2 is 1.93 bits per heavy atom. The fourth-order valence-corrected chi connectivity index (χ4v) is 3.42. The molecule has 0 spiro atoms. The third-order valence-electron chi connectivity index (χ3n) is 4.94. The summed E-state index contributed by atoms with van der Waals surface area (Å²) in [6.07, 6.45) is 5.27. The Kier molecular flexibility index (Phi) is 7.38. The molecule has 8 heteroatoms. The zero-order valence-corrected chi connectivity index (χ0v) is 16.8. The normalized spacial score (nSPS) is 16.2. The molecular weight excluding hydrogens is 368 g/mol. The van der Waals surface area contributed by atoms with E-state index in [4.69, 9.17) is 0 Å². The van der Waals surface area contributed by atoms with E-state index in [1.807, 2.05) is 37.3 Å². The molecule has 0 saturated carbocycles. The Labute approximate surface area is 171 Å². The Morgan fingerprint density at radius 1 is 1.17 bits per heavy atom. The number of amides is 3. The summed E-state index contributed by atoms with van der Waals surface area (Å²) in [6.45, 7) is 4.56. The van der Waals surface area contributed by atoms with Gasteiger partial charge in [0.2, 0.25) is 11.9 Å². The first kappa shape index (κ1) is 20.6. The molecule has 3 rings (SSSR count). The molecule has 1 aromatic heterocycles. The standard InChI is InChI=1S/C21H28N6O2/c1-2-26(15-17-8-4-3-5-9-17)19(28)14-24-21(29)25-18-10-6-13-27(16-18)20-22-11-7-12-23-20/h3-5,7-9,11-12,18H,2,6,10,13-16H2,1H3,(H2,24,25,29). The van der Waals surface area contributed by atoms with Crippen molar-refractivity contribution in [2.45, 2.75) is 32.4 Å².